The van der Waals surface area contributed by atoms with Crippen molar-refractivity contribution < 1.29 is 14.6 Å². The summed E-state index contributed by atoms with van der Waals surface area (Å²) < 4.78 is 5.47. The minimum atomic E-state index is -0.448. The molecule has 0 bridgehead atoms. The molecule has 1 fully saturated rings. The molecule has 8 heteroatoms. The molecule has 30 heavy (non-hydrogen) atoms. The van der Waals surface area contributed by atoms with E-state index in [0.29, 0.717) is 17.8 Å². The molecule has 3 N–H and O–H groups in total. The number of nitrogens with zero attached hydrogens (tertiary/aromatic N) is 2. The first-order valence-electron chi connectivity index (χ1n) is 11.3. The van der Waals surface area contributed by atoms with Gasteiger partial charge in [0.15, 0.2) is 5.96 Å². The van der Waals surface area contributed by atoms with Gasteiger partial charge in [-0.3, -0.25) is 4.99 Å². The second-order valence-electron chi connectivity index (χ2n) is 9.52. The van der Waals surface area contributed by atoms with E-state index >= 15 is 0 Å². The van der Waals surface area contributed by atoms with E-state index in [4.69, 9.17) is 9.73 Å². The van der Waals surface area contributed by atoms with Crippen LogP contribution in [0.25, 0.3) is 0 Å². The van der Waals surface area contributed by atoms with Crippen LogP contribution in [0.1, 0.15) is 67.2 Å². The van der Waals surface area contributed by atoms with E-state index < -0.39 is 5.60 Å². The van der Waals surface area contributed by atoms with E-state index in [1.807, 2.05) is 25.7 Å². The summed E-state index contributed by atoms with van der Waals surface area (Å²) in [4.78, 5) is 18.8. The normalized spacial score (nSPS) is 16.8. The van der Waals surface area contributed by atoms with Crippen LogP contribution in [0.5, 0.6) is 0 Å². The Labute approximate surface area is 200 Å². The van der Waals surface area contributed by atoms with Gasteiger partial charge < -0.3 is 25.4 Å². The van der Waals surface area contributed by atoms with Crippen LogP contribution >= 0.6 is 24.0 Å². The number of carbonyl (C=O) groups excluding carboxylic acids is 1. The van der Waals surface area contributed by atoms with Crippen LogP contribution in [-0.4, -0.2) is 67.0 Å². The van der Waals surface area contributed by atoms with Crippen molar-refractivity contribution in [3.05, 3.63) is 0 Å². The van der Waals surface area contributed by atoms with Gasteiger partial charge in [0.05, 0.1) is 0 Å². The number of piperidine rings is 1. The SMILES string of the molecule is CCNC(=NCC(CCO)CC(C)C)NCC1CCN(C(=O)OC(C)(C)C)CC1.I. The maximum atomic E-state index is 12.2. The standard InChI is InChI=1S/C22H44N4O3.HI/c1-7-23-20(25-16-19(10-13-27)14-17(2)3)24-15-18-8-11-26(12-9-18)21(28)29-22(4,5)6;/h17-19,27H,7-16H2,1-6H3,(H2,23,24,25);1H. The molecule has 1 rings (SSSR count). The fourth-order valence-electron chi connectivity index (χ4n) is 3.58. The van der Waals surface area contributed by atoms with Crippen molar-refractivity contribution in [1.29, 1.82) is 0 Å². The monoisotopic (exact) mass is 540 g/mol. The van der Waals surface area contributed by atoms with Gasteiger partial charge in [0.2, 0.25) is 0 Å². The highest BCUT2D eigenvalue weighted by Gasteiger charge is 2.26. The van der Waals surface area contributed by atoms with Crippen molar-refractivity contribution >= 4 is 36.0 Å². The van der Waals surface area contributed by atoms with E-state index in [2.05, 4.69) is 31.4 Å². The smallest absolute Gasteiger partial charge is 0.410 e. The molecule has 7 nitrogen and oxygen atoms in total. The van der Waals surface area contributed by atoms with Crippen molar-refractivity contribution in [3.63, 3.8) is 0 Å². The molecule has 0 spiro atoms. The Morgan fingerprint density at radius 1 is 1.23 bits per heavy atom. The van der Waals surface area contributed by atoms with Crippen LogP contribution in [0.15, 0.2) is 4.99 Å². The molecule has 1 aliphatic rings. The first-order chi connectivity index (χ1) is 13.6. The average molecular weight is 541 g/mol. The van der Waals surface area contributed by atoms with Crippen molar-refractivity contribution in [1.82, 2.24) is 15.5 Å². The molecule has 0 radical (unpaired) electrons. The average Bonchev–Trinajstić information content (AvgIpc) is 2.62. The molecule has 0 aromatic carbocycles. The highest BCUT2D eigenvalue weighted by molar-refractivity contribution is 14.0. The maximum absolute atomic E-state index is 12.2. The fraction of sp³-hybridized carbons (Fsp3) is 0.909. The van der Waals surface area contributed by atoms with Gasteiger partial charge in [-0.15, -0.1) is 24.0 Å². The first kappa shape index (κ1) is 29.2. The number of amides is 1. The summed E-state index contributed by atoms with van der Waals surface area (Å²) >= 11 is 0. The quantitative estimate of drug-likeness (QED) is 0.235. The number of likely N-dealkylation sites (tertiary alicyclic amines) is 1. The molecular weight excluding hydrogens is 495 g/mol. The van der Waals surface area contributed by atoms with Crippen LogP contribution in [0.2, 0.25) is 0 Å². The number of aliphatic hydroxyl groups is 1. The lowest BCUT2D eigenvalue weighted by Crippen LogP contribution is -2.45. The van der Waals surface area contributed by atoms with Crippen molar-refractivity contribution in [2.45, 2.75) is 72.8 Å². The Morgan fingerprint density at radius 2 is 1.87 bits per heavy atom. The predicted molar refractivity (Wildman–Crippen MR) is 135 cm³/mol. The summed E-state index contributed by atoms with van der Waals surface area (Å²) in [5.74, 6) is 2.37. The molecule has 0 saturated carbocycles. The molecular formula is C22H45IN4O3. The zero-order valence-corrected chi connectivity index (χ0v) is 22.2. The summed E-state index contributed by atoms with van der Waals surface area (Å²) in [5.41, 5.74) is -0.448. The Bertz CT molecular complexity index is 501. The molecule has 1 unspecified atom stereocenters. The molecule has 1 amide bonds. The van der Waals surface area contributed by atoms with E-state index in [1.54, 1.807) is 0 Å². The number of hydrogen-bond acceptors (Lipinski definition) is 4. The van der Waals surface area contributed by atoms with Gasteiger partial charge in [-0.1, -0.05) is 13.8 Å². The minimum Gasteiger partial charge on any atom is -0.444 e. The molecule has 0 aliphatic carbocycles. The molecule has 1 aliphatic heterocycles. The summed E-state index contributed by atoms with van der Waals surface area (Å²) in [6.07, 6.45) is 3.59. The van der Waals surface area contributed by atoms with Crippen LogP contribution in [0.4, 0.5) is 4.79 Å². The van der Waals surface area contributed by atoms with Crippen LogP contribution in [-0.2, 0) is 4.74 Å². The van der Waals surface area contributed by atoms with E-state index in [9.17, 15) is 9.90 Å². The highest BCUT2D eigenvalue weighted by Crippen LogP contribution is 2.19. The van der Waals surface area contributed by atoms with E-state index in [0.717, 1.165) is 64.4 Å². The number of ether oxygens (including phenoxy) is 1. The molecule has 0 aromatic heterocycles. The van der Waals surface area contributed by atoms with Gasteiger partial charge >= 0.3 is 6.09 Å². The van der Waals surface area contributed by atoms with E-state index in [1.165, 1.54) is 0 Å². The summed E-state index contributed by atoms with van der Waals surface area (Å²) in [6, 6.07) is 0. The fourth-order valence-corrected chi connectivity index (χ4v) is 3.58. The van der Waals surface area contributed by atoms with Crippen LogP contribution in [0.3, 0.4) is 0 Å². The second-order valence-corrected chi connectivity index (χ2v) is 9.52. The number of guanidine groups is 1. The Kier molecular flexibility index (Phi) is 14.7. The number of hydrogen-bond donors (Lipinski definition) is 3. The minimum absolute atomic E-state index is 0. The summed E-state index contributed by atoms with van der Waals surface area (Å²) in [5, 5.41) is 16.1. The summed E-state index contributed by atoms with van der Waals surface area (Å²) in [7, 11) is 0. The maximum Gasteiger partial charge on any atom is 0.410 e. The lowest BCUT2D eigenvalue weighted by Gasteiger charge is -2.33. The Hall–Kier alpha value is -0.770. The van der Waals surface area contributed by atoms with Gasteiger partial charge in [-0.05, 0) is 71.1 Å². The zero-order chi connectivity index (χ0) is 21.9. The molecule has 178 valence electrons. The number of nitrogens with one attached hydrogen (secondary N) is 2. The number of halogens is 1. The number of aliphatic imine (C=N–C) groups is 1. The van der Waals surface area contributed by atoms with Gasteiger partial charge in [0.25, 0.3) is 0 Å². The Morgan fingerprint density at radius 3 is 2.37 bits per heavy atom. The molecule has 1 heterocycles. The van der Waals surface area contributed by atoms with Gasteiger partial charge in [0, 0.05) is 39.3 Å². The third-order valence-corrected chi connectivity index (χ3v) is 5.02. The highest BCUT2D eigenvalue weighted by atomic mass is 127. The molecule has 0 aromatic rings. The first-order valence-corrected chi connectivity index (χ1v) is 11.3. The van der Waals surface area contributed by atoms with Crippen molar-refractivity contribution in [2.24, 2.45) is 22.7 Å². The molecule has 1 atom stereocenters. The number of carbonyl (C=O) groups is 1. The van der Waals surface area contributed by atoms with Crippen molar-refractivity contribution in [2.75, 3.05) is 39.3 Å². The zero-order valence-electron chi connectivity index (χ0n) is 19.9. The number of rotatable bonds is 9. The van der Waals surface area contributed by atoms with Crippen LogP contribution in [0, 0.1) is 17.8 Å². The number of aliphatic hydroxyl groups excluding tert-OH is 1. The van der Waals surface area contributed by atoms with Gasteiger partial charge in [-0.25, -0.2) is 4.79 Å². The lowest BCUT2D eigenvalue weighted by molar-refractivity contribution is 0.0185. The molecule has 1 saturated heterocycles. The van der Waals surface area contributed by atoms with Crippen molar-refractivity contribution in [3.8, 4) is 0 Å². The lowest BCUT2D eigenvalue weighted by atomic mass is 9.94. The van der Waals surface area contributed by atoms with Gasteiger partial charge in [0.1, 0.15) is 5.60 Å². The third kappa shape index (κ3) is 12.8. The third-order valence-electron chi connectivity index (χ3n) is 5.02. The largest absolute Gasteiger partial charge is 0.444 e. The van der Waals surface area contributed by atoms with Crippen LogP contribution < -0.4 is 10.6 Å². The second kappa shape index (κ2) is 15.1. The topological polar surface area (TPSA) is 86.2 Å². The summed E-state index contributed by atoms with van der Waals surface area (Å²) in [6.45, 7) is 16.3. The van der Waals surface area contributed by atoms with E-state index in [-0.39, 0.29) is 36.7 Å². The Balaban J connectivity index is 0.00000841. The predicted octanol–water partition coefficient (Wildman–Crippen LogP) is 3.85. The van der Waals surface area contributed by atoms with Gasteiger partial charge in [-0.2, -0.15) is 0 Å².